The third kappa shape index (κ3) is 7.78. The minimum atomic E-state index is -0.731. The van der Waals surface area contributed by atoms with Gasteiger partial charge in [-0.1, -0.05) is 50.0 Å². The molecule has 224 valence electrons. The van der Waals surface area contributed by atoms with Crippen LogP contribution in [-0.2, 0) is 9.59 Å². The highest BCUT2D eigenvalue weighted by Gasteiger charge is 2.49. The van der Waals surface area contributed by atoms with E-state index in [4.69, 9.17) is 23.2 Å². The minimum Gasteiger partial charge on any atom is -0.393 e. The zero-order chi connectivity index (χ0) is 29.9. The molecule has 4 N–H and O–H groups in total. The summed E-state index contributed by atoms with van der Waals surface area (Å²) in [6.07, 6.45) is 5.24. The number of amides is 2. The van der Waals surface area contributed by atoms with E-state index in [0.29, 0.717) is 42.1 Å². The van der Waals surface area contributed by atoms with Crippen molar-refractivity contribution in [2.24, 2.45) is 11.3 Å². The van der Waals surface area contributed by atoms with Gasteiger partial charge in [-0.15, -0.1) is 0 Å². The van der Waals surface area contributed by atoms with E-state index in [1.807, 2.05) is 0 Å². The van der Waals surface area contributed by atoms with Gasteiger partial charge in [-0.3, -0.25) is 9.59 Å². The maximum absolute atomic E-state index is 14.9. The average Bonchev–Trinajstić information content (AvgIpc) is 3.47. The number of rotatable bonds is 10. The molecule has 0 radical (unpaired) electrons. The molecule has 4 rings (SSSR count). The van der Waals surface area contributed by atoms with Crippen molar-refractivity contribution in [3.05, 3.63) is 63.1 Å². The molecule has 1 heterocycles. The summed E-state index contributed by atoms with van der Waals surface area (Å²) >= 11 is 12.3. The largest absolute Gasteiger partial charge is 0.393 e. The van der Waals surface area contributed by atoms with Gasteiger partial charge in [-0.05, 0) is 85.3 Å². The van der Waals surface area contributed by atoms with Crippen LogP contribution in [0.25, 0.3) is 0 Å². The lowest BCUT2D eigenvalue weighted by Crippen LogP contribution is -2.45. The summed E-state index contributed by atoms with van der Waals surface area (Å²) < 4.78 is 29.2. The van der Waals surface area contributed by atoms with Crippen LogP contribution in [0.3, 0.4) is 0 Å². The quantitative estimate of drug-likeness (QED) is 0.182. The Labute approximate surface area is 250 Å². The van der Waals surface area contributed by atoms with Crippen molar-refractivity contribution in [1.29, 1.82) is 0 Å². The summed E-state index contributed by atoms with van der Waals surface area (Å²) in [5, 5.41) is 18.8. The van der Waals surface area contributed by atoms with Crippen molar-refractivity contribution in [2.75, 3.05) is 11.9 Å². The predicted octanol–water partition coefficient (Wildman–Crippen LogP) is 6.54. The van der Waals surface area contributed by atoms with Crippen molar-refractivity contribution in [3.8, 4) is 0 Å². The van der Waals surface area contributed by atoms with E-state index in [0.717, 1.165) is 32.1 Å². The van der Waals surface area contributed by atoms with Crippen LogP contribution in [0.1, 0.15) is 82.3 Å². The molecule has 2 aromatic rings. The molecule has 1 aliphatic carbocycles. The van der Waals surface area contributed by atoms with Crippen LogP contribution < -0.4 is 16.0 Å². The monoisotopic (exact) mass is 609 g/mol. The van der Waals surface area contributed by atoms with Gasteiger partial charge in [0.25, 0.3) is 0 Å². The van der Waals surface area contributed by atoms with Crippen molar-refractivity contribution >= 4 is 41.2 Å². The Balaban J connectivity index is 1.70. The van der Waals surface area contributed by atoms with E-state index < -0.39 is 29.5 Å². The highest BCUT2D eigenvalue weighted by molar-refractivity contribution is 6.31. The molecule has 2 aliphatic rings. The Hall–Kier alpha value is -2.26. The lowest BCUT2D eigenvalue weighted by atomic mass is 9.73. The van der Waals surface area contributed by atoms with Crippen molar-refractivity contribution in [1.82, 2.24) is 10.6 Å². The molecule has 2 amide bonds. The number of hydrogen-bond acceptors (Lipinski definition) is 4. The topological polar surface area (TPSA) is 90.5 Å². The van der Waals surface area contributed by atoms with E-state index in [-0.39, 0.29) is 33.5 Å². The van der Waals surface area contributed by atoms with Gasteiger partial charge in [0.05, 0.1) is 22.2 Å². The van der Waals surface area contributed by atoms with Gasteiger partial charge in [-0.25, -0.2) is 8.78 Å². The molecule has 1 aliphatic heterocycles. The number of carbonyl (C=O) groups excluding carboxylic acids is 2. The van der Waals surface area contributed by atoms with Crippen molar-refractivity contribution in [3.63, 3.8) is 0 Å². The number of nitrogens with one attached hydrogen (secondary N) is 3. The minimum absolute atomic E-state index is 0.0769. The molecule has 6 nitrogen and oxygen atoms in total. The Bertz CT molecular complexity index is 1260. The first-order valence-corrected chi connectivity index (χ1v) is 15.0. The molecule has 6 atom stereocenters. The third-order valence-electron chi connectivity index (χ3n) is 8.28. The lowest BCUT2D eigenvalue weighted by Gasteiger charge is -2.31. The summed E-state index contributed by atoms with van der Waals surface area (Å²) in [6, 6.07) is 6.04. The van der Waals surface area contributed by atoms with Crippen LogP contribution in [-0.4, -0.2) is 42.2 Å². The Morgan fingerprint density at radius 2 is 1.83 bits per heavy atom. The van der Waals surface area contributed by atoms with Gasteiger partial charge in [-0.2, -0.15) is 0 Å². The summed E-state index contributed by atoms with van der Waals surface area (Å²) in [6.45, 7) is 6.71. The summed E-state index contributed by atoms with van der Waals surface area (Å²) in [7, 11) is 0. The van der Waals surface area contributed by atoms with E-state index in [1.54, 1.807) is 6.07 Å². The molecule has 0 unspecified atom stereocenters. The normalized spacial score (nSPS) is 26.2. The van der Waals surface area contributed by atoms with Gasteiger partial charge in [0.1, 0.15) is 11.6 Å². The van der Waals surface area contributed by atoms with Crippen LogP contribution in [0.15, 0.2) is 30.3 Å². The standard InChI is InChI=1S/C31H39Cl2F2N3O3/c1-31(2,3)15-26-28(20-13-24(35)22(33)14-25(20)37-16-39)27(18-7-9-23(34)21(32)12-18)29(38-26)30(41)36-10-4-5-17-6-8-19(40)11-17/h7,9,12-14,16-17,19,26-29,38,40H,4-6,8,10-11,15H2,1-3H3,(H,36,41)(H,37,39)/t17-,19+,26+,27+,28+,29+/m0/s1. The fourth-order valence-corrected chi connectivity index (χ4v) is 6.91. The van der Waals surface area contributed by atoms with Crippen LogP contribution in [0.2, 0.25) is 10.0 Å². The van der Waals surface area contributed by atoms with E-state index in [2.05, 4.69) is 36.7 Å². The van der Waals surface area contributed by atoms with Crippen molar-refractivity contribution in [2.45, 2.75) is 89.3 Å². The molecule has 0 aromatic heterocycles. The number of hydrogen-bond donors (Lipinski definition) is 4. The lowest BCUT2D eigenvalue weighted by molar-refractivity contribution is -0.123. The molecule has 2 aromatic carbocycles. The maximum atomic E-state index is 14.9. The van der Waals surface area contributed by atoms with Crippen molar-refractivity contribution < 1.29 is 23.5 Å². The first-order chi connectivity index (χ1) is 19.4. The molecule has 1 saturated carbocycles. The van der Waals surface area contributed by atoms with Crippen LogP contribution in [0.4, 0.5) is 14.5 Å². The molecule has 0 bridgehead atoms. The molecule has 10 heteroatoms. The van der Waals surface area contributed by atoms with Crippen LogP contribution in [0, 0.1) is 23.0 Å². The Kier molecular flexibility index (Phi) is 10.3. The number of anilines is 1. The first kappa shape index (κ1) is 31.7. The molecular weight excluding hydrogens is 571 g/mol. The van der Waals surface area contributed by atoms with E-state index in [1.165, 1.54) is 24.3 Å². The second kappa shape index (κ2) is 13.4. The third-order valence-corrected chi connectivity index (χ3v) is 8.86. The number of aliphatic hydroxyl groups is 1. The SMILES string of the molecule is CC(C)(C)C[C@H]1N[C@@H](C(=O)NCCC[C@H]2CC[C@@H](O)C2)[C@H](c2ccc(F)c(Cl)c2)[C@@H]1c1cc(F)c(Cl)cc1NC=O. The maximum Gasteiger partial charge on any atom is 0.237 e. The number of halogens is 4. The molecule has 0 spiro atoms. The predicted molar refractivity (Wildman–Crippen MR) is 158 cm³/mol. The molecule has 41 heavy (non-hydrogen) atoms. The zero-order valence-electron chi connectivity index (χ0n) is 23.7. The van der Waals surface area contributed by atoms with Crippen LogP contribution >= 0.6 is 23.2 Å². The number of aliphatic hydroxyl groups excluding tert-OH is 1. The smallest absolute Gasteiger partial charge is 0.237 e. The highest BCUT2D eigenvalue weighted by atomic mass is 35.5. The van der Waals surface area contributed by atoms with Crippen LogP contribution in [0.5, 0.6) is 0 Å². The average molecular weight is 611 g/mol. The molecule has 2 fully saturated rings. The fraction of sp³-hybridized carbons (Fsp3) is 0.548. The summed E-state index contributed by atoms with van der Waals surface area (Å²) in [5.74, 6) is -2.03. The summed E-state index contributed by atoms with van der Waals surface area (Å²) in [4.78, 5) is 25.3. The van der Waals surface area contributed by atoms with Gasteiger partial charge in [0.2, 0.25) is 12.3 Å². The molecule has 1 saturated heterocycles. The van der Waals surface area contributed by atoms with E-state index in [9.17, 15) is 23.5 Å². The highest BCUT2D eigenvalue weighted by Crippen LogP contribution is 2.49. The second-order valence-electron chi connectivity index (χ2n) is 12.6. The summed E-state index contributed by atoms with van der Waals surface area (Å²) in [5.41, 5.74) is 1.29. The van der Waals surface area contributed by atoms with Gasteiger partial charge in [0, 0.05) is 30.1 Å². The first-order valence-electron chi connectivity index (χ1n) is 14.2. The van der Waals surface area contributed by atoms with Gasteiger partial charge >= 0.3 is 0 Å². The fourth-order valence-electron chi connectivity index (χ4n) is 6.56. The Morgan fingerprint density at radius 3 is 2.46 bits per heavy atom. The second-order valence-corrected chi connectivity index (χ2v) is 13.4. The van der Waals surface area contributed by atoms with Gasteiger partial charge in [0.15, 0.2) is 0 Å². The zero-order valence-corrected chi connectivity index (χ0v) is 25.2. The Morgan fingerprint density at radius 1 is 1.10 bits per heavy atom. The number of benzene rings is 2. The number of carbonyl (C=O) groups is 2. The van der Waals surface area contributed by atoms with Gasteiger partial charge < -0.3 is 21.1 Å². The molecular formula is C31H39Cl2F2N3O3. The van der Waals surface area contributed by atoms with E-state index >= 15 is 0 Å².